The van der Waals surface area contributed by atoms with E-state index in [0.717, 1.165) is 44.6 Å². The second kappa shape index (κ2) is 6.58. The van der Waals surface area contributed by atoms with Crippen molar-refractivity contribution in [3.8, 4) is 0 Å². The Morgan fingerprint density at radius 1 is 1.14 bits per heavy atom. The number of likely N-dealkylation sites (tertiary alicyclic amines) is 1. The maximum absolute atomic E-state index is 11.7. The van der Waals surface area contributed by atoms with Crippen LogP contribution in [0.4, 0.5) is 0 Å². The molecule has 0 radical (unpaired) electrons. The lowest BCUT2D eigenvalue weighted by Crippen LogP contribution is -2.35. The van der Waals surface area contributed by atoms with Crippen molar-refractivity contribution < 1.29 is 0 Å². The highest BCUT2D eigenvalue weighted by Crippen LogP contribution is 2.19. The summed E-state index contributed by atoms with van der Waals surface area (Å²) in [4.78, 5) is 26.2. The van der Waals surface area contributed by atoms with Crippen LogP contribution >= 0.6 is 0 Å². The molecule has 0 unspecified atom stereocenters. The third-order valence-corrected chi connectivity index (χ3v) is 3.97. The molecule has 0 spiro atoms. The number of nitrogens with zero attached hydrogens (tertiary/aromatic N) is 5. The maximum Gasteiger partial charge on any atom is 0.253 e. The molecule has 0 amide bonds. The van der Waals surface area contributed by atoms with E-state index in [-0.39, 0.29) is 5.56 Å². The Kier molecular flexibility index (Phi) is 4.35. The molecule has 6 nitrogen and oxygen atoms in total. The van der Waals surface area contributed by atoms with Gasteiger partial charge in [0.25, 0.3) is 5.56 Å². The van der Waals surface area contributed by atoms with Gasteiger partial charge in [-0.25, -0.2) is 15.0 Å². The van der Waals surface area contributed by atoms with Crippen LogP contribution in [0.15, 0.2) is 42.1 Å². The topological polar surface area (TPSA) is 63.9 Å². The minimum absolute atomic E-state index is 0.0360. The number of hydrogen-bond acceptors (Lipinski definition) is 5. The van der Waals surface area contributed by atoms with Gasteiger partial charge in [0.2, 0.25) is 0 Å². The van der Waals surface area contributed by atoms with Gasteiger partial charge in [-0.2, -0.15) is 0 Å². The Labute approximate surface area is 123 Å². The van der Waals surface area contributed by atoms with Crippen LogP contribution in [-0.2, 0) is 13.1 Å². The van der Waals surface area contributed by atoms with Crippen molar-refractivity contribution in [1.29, 1.82) is 0 Å². The number of aromatic nitrogens is 4. The van der Waals surface area contributed by atoms with Gasteiger partial charge >= 0.3 is 0 Å². The van der Waals surface area contributed by atoms with Gasteiger partial charge in [-0.05, 0) is 31.8 Å². The third kappa shape index (κ3) is 3.72. The summed E-state index contributed by atoms with van der Waals surface area (Å²) in [6.07, 6.45) is 10.7. The van der Waals surface area contributed by atoms with E-state index in [0.29, 0.717) is 5.92 Å². The first kappa shape index (κ1) is 13.9. The van der Waals surface area contributed by atoms with Gasteiger partial charge in [-0.15, -0.1) is 0 Å². The van der Waals surface area contributed by atoms with Crippen LogP contribution in [0.1, 0.15) is 18.4 Å². The first-order valence-corrected chi connectivity index (χ1v) is 7.28. The molecule has 0 saturated carbocycles. The molecular weight excluding hydrogens is 266 g/mol. The van der Waals surface area contributed by atoms with E-state index in [2.05, 4.69) is 19.9 Å². The van der Waals surface area contributed by atoms with Crippen molar-refractivity contribution >= 4 is 0 Å². The molecule has 0 aromatic carbocycles. The van der Waals surface area contributed by atoms with Crippen LogP contribution < -0.4 is 5.56 Å². The van der Waals surface area contributed by atoms with Crippen molar-refractivity contribution in [3.05, 3.63) is 53.2 Å². The molecule has 2 aromatic heterocycles. The Hall–Kier alpha value is -2.08. The molecule has 3 heterocycles. The quantitative estimate of drug-likeness (QED) is 0.836. The summed E-state index contributed by atoms with van der Waals surface area (Å²) in [6, 6.07) is 1.52. The van der Waals surface area contributed by atoms with Crippen LogP contribution in [0.25, 0.3) is 0 Å². The van der Waals surface area contributed by atoms with Gasteiger partial charge < -0.3 is 0 Å². The minimum atomic E-state index is 0.0360. The molecule has 0 bridgehead atoms. The van der Waals surface area contributed by atoms with Crippen LogP contribution in [0, 0.1) is 5.92 Å². The van der Waals surface area contributed by atoms with Gasteiger partial charge in [-0.3, -0.25) is 14.3 Å². The molecule has 0 N–H and O–H groups in total. The molecule has 1 aliphatic heterocycles. The first-order valence-electron chi connectivity index (χ1n) is 7.28. The fraction of sp³-hybridized carbons (Fsp3) is 0.467. The summed E-state index contributed by atoms with van der Waals surface area (Å²) in [5.41, 5.74) is 1.19. The van der Waals surface area contributed by atoms with Gasteiger partial charge in [0.15, 0.2) is 0 Å². The second-order valence-electron chi connectivity index (χ2n) is 5.54. The third-order valence-electron chi connectivity index (χ3n) is 3.97. The van der Waals surface area contributed by atoms with Gasteiger partial charge in [0.05, 0.1) is 6.33 Å². The van der Waals surface area contributed by atoms with E-state index >= 15 is 0 Å². The zero-order valence-electron chi connectivity index (χ0n) is 11.9. The fourth-order valence-corrected chi connectivity index (χ4v) is 2.79. The standard InChI is InChI=1S/C15H19N5O/c21-15-1-4-16-12-20(15)10-13-2-5-19(6-3-13)9-14-7-17-11-18-8-14/h1,4,7-8,11-13H,2-3,5-6,9-10H2. The Morgan fingerprint density at radius 3 is 2.62 bits per heavy atom. The van der Waals surface area contributed by atoms with Crippen LogP contribution in [-0.4, -0.2) is 37.5 Å². The molecule has 1 saturated heterocycles. The van der Waals surface area contributed by atoms with Crippen LogP contribution in [0.3, 0.4) is 0 Å². The van der Waals surface area contributed by atoms with E-state index in [9.17, 15) is 4.79 Å². The average Bonchev–Trinajstić information content (AvgIpc) is 2.52. The highest BCUT2D eigenvalue weighted by Gasteiger charge is 2.20. The summed E-state index contributed by atoms with van der Waals surface area (Å²) in [5, 5.41) is 0. The molecule has 1 fully saturated rings. The van der Waals surface area contributed by atoms with Crippen molar-refractivity contribution in [2.75, 3.05) is 13.1 Å². The molecule has 2 aromatic rings. The molecule has 6 heteroatoms. The highest BCUT2D eigenvalue weighted by molar-refractivity contribution is 5.02. The van der Waals surface area contributed by atoms with Crippen molar-refractivity contribution in [2.45, 2.75) is 25.9 Å². The van der Waals surface area contributed by atoms with Crippen LogP contribution in [0.5, 0.6) is 0 Å². The average molecular weight is 285 g/mol. The van der Waals surface area contributed by atoms with E-state index < -0.39 is 0 Å². The zero-order chi connectivity index (χ0) is 14.5. The summed E-state index contributed by atoms with van der Waals surface area (Å²) < 4.78 is 1.71. The predicted molar refractivity (Wildman–Crippen MR) is 78.5 cm³/mol. The van der Waals surface area contributed by atoms with E-state index in [4.69, 9.17) is 0 Å². The Bertz CT molecular complexity index is 619. The normalized spacial score (nSPS) is 17.0. The second-order valence-corrected chi connectivity index (χ2v) is 5.54. The molecule has 1 aliphatic rings. The summed E-state index contributed by atoms with van der Waals surface area (Å²) in [7, 11) is 0. The lowest BCUT2D eigenvalue weighted by Gasteiger charge is -2.31. The maximum atomic E-state index is 11.7. The van der Waals surface area contributed by atoms with Gasteiger partial charge in [0.1, 0.15) is 6.33 Å². The van der Waals surface area contributed by atoms with Crippen molar-refractivity contribution in [1.82, 2.24) is 24.4 Å². The zero-order valence-corrected chi connectivity index (χ0v) is 11.9. The van der Waals surface area contributed by atoms with E-state index in [1.807, 2.05) is 12.4 Å². The smallest absolute Gasteiger partial charge is 0.253 e. The van der Waals surface area contributed by atoms with Crippen molar-refractivity contribution in [2.24, 2.45) is 5.92 Å². The number of rotatable bonds is 4. The molecule has 110 valence electrons. The summed E-state index contributed by atoms with van der Waals surface area (Å²) in [6.45, 7) is 3.78. The molecule has 3 rings (SSSR count). The lowest BCUT2D eigenvalue weighted by atomic mass is 9.96. The van der Waals surface area contributed by atoms with E-state index in [1.165, 1.54) is 6.07 Å². The lowest BCUT2D eigenvalue weighted by molar-refractivity contribution is 0.166. The minimum Gasteiger partial charge on any atom is -0.299 e. The van der Waals surface area contributed by atoms with E-state index in [1.54, 1.807) is 23.4 Å². The molecule has 21 heavy (non-hydrogen) atoms. The molecule has 0 atom stereocenters. The van der Waals surface area contributed by atoms with Crippen molar-refractivity contribution in [3.63, 3.8) is 0 Å². The SMILES string of the molecule is O=c1ccncn1CC1CCN(Cc2cncnc2)CC1. The van der Waals surface area contributed by atoms with Gasteiger partial charge in [0, 0.05) is 43.3 Å². The monoisotopic (exact) mass is 285 g/mol. The number of hydrogen-bond donors (Lipinski definition) is 0. The van der Waals surface area contributed by atoms with Gasteiger partial charge in [-0.1, -0.05) is 0 Å². The molecular formula is C15H19N5O. The summed E-state index contributed by atoms with van der Waals surface area (Å²) >= 11 is 0. The Balaban J connectivity index is 1.51. The first-order chi connectivity index (χ1) is 10.3. The Morgan fingerprint density at radius 2 is 1.90 bits per heavy atom. The predicted octanol–water partition coefficient (Wildman–Crippen LogP) is 0.945. The largest absolute Gasteiger partial charge is 0.299 e. The van der Waals surface area contributed by atoms with Crippen LogP contribution in [0.2, 0.25) is 0 Å². The molecule has 0 aliphatic carbocycles. The fourth-order valence-electron chi connectivity index (χ4n) is 2.79. The summed E-state index contributed by atoms with van der Waals surface area (Å²) in [5.74, 6) is 0.551. The highest BCUT2D eigenvalue weighted by atomic mass is 16.1. The number of piperidine rings is 1.